The predicted octanol–water partition coefficient (Wildman–Crippen LogP) is 17.7. The number of rotatable bonds is 51. The molecule has 67 heavy (non-hydrogen) atoms. The van der Waals surface area contributed by atoms with E-state index in [2.05, 4.69) is 99.0 Å². The van der Waals surface area contributed by atoms with E-state index >= 15 is 0 Å². The Kier molecular flexibility index (Phi) is 52.1. The number of esters is 1. The maximum absolute atomic E-state index is 13.3. The Morgan fingerprint density at radius 2 is 0.821 bits per heavy atom. The molecule has 0 bridgehead atoms. The maximum Gasteiger partial charge on any atom is 0.306 e. The SMILES string of the molecule is CCCCC/C=C\C/C=C\CCCCCCCCCC(=O)OC(CCCCC/C=C/C=C/C=C/C=C/CCCCC)CC(=O)NC(CO)C(O)CCCCCCCCCCCCCCCCC. The standard InChI is InChI=1S/C61H109NO5/c1-4-7-10-13-16-19-22-25-28-30-33-36-39-42-45-48-51-54-61(66)67-57(52-49-46-43-40-37-34-32-29-26-23-20-17-14-11-8-5-2)55-60(65)62-58(56-63)59(64)53-50-47-44-41-38-35-31-27-24-21-18-15-12-9-6-3/h16-17,19-20,23,25-26,28-29,32,34,37,57-59,63-64H,4-15,18,21-22,24,27,30-31,33,35-36,38-56H2,1-3H3,(H,62,65)/b19-16-,20-17+,26-23+,28-25-,32-29+,37-34+. The van der Waals surface area contributed by atoms with E-state index in [9.17, 15) is 19.8 Å². The lowest BCUT2D eigenvalue weighted by Gasteiger charge is -2.24. The van der Waals surface area contributed by atoms with E-state index in [1.54, 1.807) is 0 Å². The molecule has 0 aliphatic heterocycles. The second-order valence-electron chi connectivity index (χ2n) is 19.4. The van der Waals surface area contributed by atoms with Crippen molar-refractivity contribution in [1.82, 2.24) is 5.32 Å². The molecule has 0 fully saturated rings. The van der Waals surface area contributed by atoms with Gasteiger partial charge in [0, 0.05) is 6.42 Å². The second-order valence-corrected chi connectivity index (χ2v) is 19.4. The minimum absolute atomic E-state index is 0.0466. The number of amides is 1. The Hall–Kier alpha value is -2.70. The number of carbonyl (C=O) groups excluding carboxylic acids is 2. The van der Waals surface area contributed by atoms with E-state index in [4.69, 9.17) is 4.74 Å². The third kappa shape index (κ3) is 49.5. The van der Waals surface area contributed by atoms with Crippen molar-refractivity contribution in [3.05, 3.63) is 72.9 Å². The van der Waals surface area contributed by atoms with E-state index in [1.807, 2.05) is 0 Å². The first-order chi connectivity index (χ1) is 33.0. The summed E-state index contributed by atoms with van der Waals surface area (Å²) in [5, 5.41) is 23.9. The Labute approximate surface area is 415 Å². The molecule has 1 amide bonds. The van der Waals surface area contributed by atoms with Crippen molar-refractivity contribution >= 4 is 11.9 Å². The monoisotopic (exact) mass is 936 g/mol. The molecule has 0 radical (unpaired) electrons. The average Bonchev–Trinajstić information content (AvgIpc) is 3.32. The molecule has 0 aliphatic carbocycles. The van der Waals surface area contributed by atoms with Crippen LogP contribution in [0.25, 0.3) is 0 Å². The molecule has 3 unspecified atom stereocenters. The van der Waals surface area contributed by atoms with Gasteiger partial charge < -0.3 is 20.3 Å². The van der Waals surface area contributed by atoms with Gasteiger partial charge in [0.05, 0.1) is 25.2 Å². The van der Waals surface area contributed by atoms with Crippen molar-refractivity contribution in [3.63, 3.8) is 0 Å². The van der Waals surface area contributed by atoms with Crippen molar-refractivity contribution in [1.29, 1.82) is 0 Å². The van der Waals surface area contributed by atoms with Gasteiger partial charge in [-0.15, -0.1) is 0 Å². The highest BCUT2D eigenvalue weighted by molar-refractivity contribution is 5.77. The molecule has 0 saturated carbocycles. The summed E-state index contributed by atoms with van der Waals surface area (Å²) >= 11 is 0. The molecule has 0 saturated heterocycles. The summed E-state index contributed by atoms with van der Waals surface area (Å²) < 4.78 is 5.94. The van der Waals surface area contributed by atoms with E-state index in [-0.39, 0.29) is 24.9 Å². The zero-order chi connectivity index (χ0) is 48.8. The number of aliphatic hydroxyl groups is 2. The summed E-state index contributed by atoms with van der Waals surface area (Å²) in [6.45, 7) is 6.43. The molecular formula is C61H109NO5. The first-order valence-corrected chi connectivity index (χ1v) is 28.7. The Morgan fingerprint density at radius 3 is 1.31 bits per heavy atom. The Balaban J connectivity index is 4.65. The van der Waals surface area contributed by atoms with Gasteiger partial charge in [0.1, 0.15) is 6.10 Å². The molecule has 0 aliphatic rings. The summed E-state index contributed by atoms with van der Waals surface area (Å²) in [6.07, 6.45) is 69.6. The molecule has 0 heterocycles. The molecule has 6 heteroatoms. The van der Waals surface area contributed by atoms with E-state index in [0.29, 0.717) is 19.3 Å². The van der Waals surface area contributed by atoms with Crippen molar-refractivity contribution in [2.24, 2.45) is 0 Å². The van der Waals surface area contributed by atoms with Crippen LogP contribution in [0.4, 0.5) is 0 Å². The van der Waals surface area contributed by atoms with Crippen LogP contribution in [0.1, 0.15) is 278 Å². The van der Waals surface area contributed by atoms with Crippen LogP contribution < -0.4 is 5.32 Å². The zero-order valence-corrected chi connectivity index (χ0v) is 44.3. The first-order valence-electron chi connectivity index (χ1n) is 28.7. The van der Waals surface area contributed by atoms with Crippen LogP contribution in [-0.4, -0.2) is 46.9 Å². The van der Waals surface area contributed by atoms with E-state index < -0.39 is 18.2 Å². The van der Waals surface area contributed by atoms with Gasteiger partial charge in [-0.05, 0) is 83.5 Å². The second kappa shape index (κ2) is 54.2. The fourth-order valence-electron chi connectivity index (χ4n) is 8.47. The number of aliphatic hydroxyl groups excluding tert-OH is 2. The van der Waals surface area contributed by atoms with Crippen molar-refractivity contribution in [3.8, 4) is 0 Å². The summed E-state index contributed by atoms with van der Waals surface area (Å²) in [6, 6.07) is -0.720. The number of hydrogen-bond donors (Lipinski definition) is 3. The van der Waals surface area contributed by atoms with Crippen molar-refractivity contribution < 1.29 is 24.5 Å². The van der Waals surface area contributed by atoms with Crippen molar-refractivity contribution in [2.45, 2.75) is 296 Å². The van der Waals surface area contributed by atoms with Gasteiger partial charge in [0.15, 0.2) is 0 Å². The lowest BCUT2D eigenvalue weighted by Crippen LogP contribution is -2.46. The van der Waals surface area contributed by atoms with Crippen LogP contribution in [0.2, 0.25) is 0 Å². The normalized spacial score (nSPS) is 13.7. The first kappa shape index (κ1) is 64.3. The predicted molar refractivity (Wildman–Crippen MR) is 291 cm³/mol. The zero-order valence-electron chi connectivity index (χ0n) is 44.3. The molecule has 0 aromatic carbocycles. The minimum Gasteiger partial charge on any atom is -0.462 e. The molecule has 3 atom stereocenters. The van der Waals surface area contributed by atoms with Gasteiger partial charge in [0.2, 0.25) is 5.91 Å². The van der Waals surface area contributed by atoms with Gasteiger partial charge in [-0.2, -0.15) is 0 Å². The molecule has 0 spiro atoms. The molecular weight excluding hydrogens is 827 g/mol. The number of ether oxygens (including phenoxy) is 1. The summed E-state index contributed by atoms with van der Waals surface area (Å²) in [7, 11) is 0. The smallest absolute Gasteiger partial charge is 0.306 e. The van der Waals surface area contributed by atoms with Gasteiger partial charge in [-0.25, -0.2) is 0 Å². The van der Waals surface area contributed by atoms with Crippen LogP contribution >= 0.6 is 0 Å². The molecule has 6 nitrogen and oxygen atoms in total. The fraction of sp³-hybridized carbons (Fsp3) is 0.770. The number of hydrogen-bond acceptors (Lipinski definition) is 5. The van der Waals surface area contributed by atoms with Crippen LogP contribution in [0, 0.1) is 0 Å². The lowest BCUT2D eigenvalue weighted by molar-refractivity contribution is -0.151. The number of nitrogens with one attached hydrogen (secondary N) is 1. The van der Waals surface area contributed by atoms with Gasteiger partial charge in [-0.1, -0.05) is 254 Å². The molecule has 0 aromatic heterocycles. The third-order valence-corrected chi connectivity index (χ3v) is 12.9. The summed E-state index contributed by atoms with van der Waals surface area (Å²) in [5.41, 5.74) is 0. The van der Waals surface area contributed by atoms with Crippen molar-refractivity contribution in [2.75, 3.05) is 6.61 Å². The summed E-state index contributed by atoms with van der Waals surface area (Å²) in [5.74, 6) is -0.517. The third-order valence-electron chi connectivity index (χ3n) is 12.9. The highest BCUT2D eigenvalue weighted by Crippen LogP contribution is 2.18. The number of allylic oxidation sites excluding steroid dienone is 12. The topological polar surface area (TPSA) is 95.9 Å². The maximum atomic E-state index is 13.3. The molecule has 388 valence electrons. The molecule has 0 aromatic rings. The minimum atomic E-state index is -0.804. The average molecular weight is 937 g/mol. The largest absolute Gasteiger partial charge is 0.462 e. The lowest BCUT2D eigenvalue weighted by atomic mass is 10.0. The molecule has 3 N–H and O–H groups in total. The highest BCUT2D eigenvalue weighted by atomic mass is 16.5. The van der Waals surface area contributed by atoms with Crippen LogP contribution in [0.15, 0.2) is 72.9 Å². The van der Waals surface area contributed by atoms with Gasteiger partial charge in [0.25, 0.3) is 0 Å². The molecule has 0 rings (SSSR count). The van der Waals surface area contributed by atoms with E-state index in [1.165, 1.54) is 148 Å². The number of unbranched alkanes of at least 4 members (excludes halogenated alkanes) is 30. The Morgan fingerprint density at radius 1 is 0.448 bits per heavy atom. The van der Waals surface area contributed by atoms with Crippen LogP contribution in [0.3, 0.4) is 0 Å². The van der Waals surface area contributed by atoms with Gasteiger partial charge >= 0.3 is 5.97 Å². The van der Waals surface area contributed by atoms with Gasteiger partial charge in [-0.3, -0.25) is 9.59 Å². The van der Waals surface area contributed by atoms with Crippen LogP contribution in [-0.2, 0) is 14.3 Å². The summed E-state index contributed by atoms with van der Waals surface area (Å²) in [4.78, 5) is 26.3. The fourth-order valence-corrected chi connectivity index (χ4v) is 8.47. The highest BCUT2D eigenvalue weighted by Gasteiger charge is 2.24. The Bertz CT molecular complexity index is 1230. The number of carbonyl (C=O) groups is 2. The van der Waals surface area contributed by atoms with E-state index in [0.717, 1.165) is 83.5 Å². The van der Waals surface area contributed by atoms with Crippen LogP contribution in [0.5, 0.6) is 0 Å². The quantitative estimate of drug-likeness (QED) is 0.0244.